The van der Waals surface area contributed by atoms with Gasteiger partial charge in [0.1, 0.15) is 5.69 Å². The zero-order valence-electron chi connectivity index (χ0n) is 11.1. The summed E-state index contributed by atoms with van der Waals surface area (Å²) in [5.41, 5.74) is 1.38. The lowest BCUT2D eigenvalue weighted by Gasteiger charge is -2.29. The van der Waals surface area contributed by atoms with Crippen LogP contribution in [0.25, 0.3) is 0 Å². The Labute approximate surface area is 112 Å². The minimum Gasteiger partial charge on any atom is -0.477 e. The molecule has 18 heavy (non-hydrogen) atoms. The van der Waals surface area contributed by atoms with Gasteiger partial charge in [-0.15, -0.1) is 0 Å². The van der Waals surface area contributed by atoms with Gasteiger partial charge in [-0.2, -0.15) is 0 Å². The predicted molar refractivity (Wildman–Crippen MR) is 72.9 cm³/mol. The average molecular weight is 268 g/mol. The van der Waals surface area contributed by atoms with Gasteiger partial charge in [0.2, 0.25) is 0 Å². The summed E-state index contributed by atoms with van der Waals surface area (Å²) in [6, 6.07) is 1.78. The maximum Gasteiger partial charge on any atom is 0.352 e. The summed E-state index contributed by atoms with van der Waals surface area (Å²) >= 11 is 1.70. The van der Waals surface area contributed by atoms with Crippen LogP contribution in [0.1, 0.15) is 35.9 Å². The first-order chi connectivity index (χ1) is 8.49. The van der Waals surface area contributed by atoms with Crippen LogP contribution < -0.4 is 0 Å². The van der Waals surface area contributed by atoms with Crippen molar-refractivity contribution in [1.82, 2.24) is 8.87 Å². The maximum atomic E-state index is 11.1. The van der Waals surface area contributed by atoms with Crippen LogP contribution in [-0.4, -0.2) is 33.0 Å². The molecule has 0 aliphatic carbocycles. The number of carboxylic acid groups (broad SMARTS) is 1. The Morgan fingerprint density at radius 1 is 1.56 bits per heavy atom. The Balaban J connectivity index is 2.14. The summed E-state index contributed by atoms with van der Waals surface area (Å²) in [6.45, 7) is 6.42. The number of rotatable bonds is 3. The molecule has 1 N–H and O–H groups in total. The van der Waals surface area contributed by atoms with Crippen molar-refractivity contribution in [1.29, 1.82) is 0 Å². The van der Waals surface area contributed by atoms with Crippen molar-refractivity contribution in [3.05, 3.63) is 17.5 Å². The van der Waals surface area contributed by atoms with Crippen LogP contribution in [0, 0.1) is 12.8 Å². The third-order valence-corrected chi connectivity index (χ3v) is 4.75. The summed E-state index contributed by atoms with van der Waals surface area (Å²) < 4.78 is 4.10. The second-order valence-corrected chi connectivity index (χ2v) is 6.21. The zero-order chi connectivity index (χ0) is 13.3. The van der Waals surface area contributed by atoms with Crippen LogP contribution >= 0.6 is 11.9 Å². The molecule has 1 fully saturated rings. The first-order valence-electron chi connectivity index (χ1n) is 6.31. The SMILES string of the molecule is Cc1c(SN2CCCC(C)C2)cc(C(=O)O)n1C. The molecule has 1 atom stereocenters. The predicted octanol–water partition coefficient (Wildman–Crippen LogP) is 2.77. The topological polar surface area (TPSA) is 45.5 Å². The molecule has 1 aliphatic rings. The van der Waals surface area contributed by atoms with E-state index >= 15 is 0 Å². The number of aromatic carboxylic acids is 1. The molecule has 4 nitrogen and oxygen atoms in total. The normalized spacial score (nSPS) is 21.2. The molecule has 1 aromatic heterocycles. The van der Waals surface area contributed by atoms with Crippen LogP contribution in [0.2, 0.25) is 0 Å². The molecule has 0 spiro atoms. The van der Waals surface area contributed by atoms with Crippen molar-refractivity contribution in [2.24, 2.45) is 13.0 Å². The number of aromatic nitrogens is 1. The van der Waals surface area contributed by atoms with Gasteiger partial charge in [0, 0.05) is 30.7 Å². The fourth-order valence-electron chi connectivity index (χ4n) is 2.34. The number of hydrogen-bond donors (Lipinski definition) is 1. The highest BCUT2D eigenvalue weighted by Crippen LogP contribution is 2.31. The molecule has 100 valence electrons. The van der Waals surface area contributed by atoms with Gasteiger partial charge in [-0.1, -0.05) is 6.92 Å². The van der Waals surface area contributed by atoms with Crippen LogP contribution in [0.4, 0.5) is 0 Å². The molecule has 5 heteroatoms. The summed E-state index contributed by atoms with van der Waals surface area (Å²) in [5, 5.41) is 9.11. The van der Waals surface area contributed by atoms with Crippen LogP contribution in [-0.2, 0) is 7.05 Å². The van der Waals surface area contributed by atoms with Crippen molar-refractivity contribution in [2.45, 2.75) is 31.6 Å². The molecule has 1 aliphatic heterocycles. The second kappa shape index (κ2) is 5.36. The number of carbonyl (C=O) groups is 1. The molecule has 1 unspecified atom stereocenters. The largest absolute Gasteiger partial charge is 0.477 e. The Morgan fingerprint density at radius 2 is 2.28 bits per heavy atom. The lowest BCUT2D eigenvalue weighted by Crippen LogP contribution is -2.28. The molecule has 2 heterocycles. The Hall–Kier alpha value is -0.940. The fourth-order valence-corrected chi connectivity index (χ4v) is 3.60. The Morgan fingerprint density at radius 3 is 2.83 bits per heavy atom. The van der Waals surface area contributed by atoms with Gasteiger partial charge in [0.25, 0.3) is 0 Å². The molecule has 0 amide bonds. The minimum absolute atomic E-state index is 0.361. The number of carboxylic acids is 1. The van der Waals surface area contributed by atoms with E-state index in [-0.39, 0.29) is 0 Å². The summed E-state index contributed by atoms with van der Waals surface area (Å²) in [5.74, 6) is -0.131. The first-order valence-corrected chi connectivity index (χ1v) is 7.09. The summed E-state index contributed by atoms with van der Waals surface area (Å²) in [7, 11) is 1.81. The summed E-state index contributed by atoms with van der Waals surface area (Å²) in [6.07, 6.45) is 2.52. The van der Waals surface area contributed by atoms with E-state index in [1.54, 1.807) is 22.6 Å². The van der Waals surface area contributed by atoms with Crippen molar-refractivity contribution >= 4 is 17.9 Å². The van der Waals surface area contributed by atoms with Crippen molar-refractivity contribution < 1.29 is 9.90 Å². The van der Waals surface area contributed by atoms with E-state index in [0.29, 0.717) is 5.69 Å². The lowest BCUT2D eigenvalue weighted by molar-refractivity contribution is 0.0686. The third kappa shape index (κ3) is 2.72. The molecule has 0 aromatic carbocycles. The van der Waals surface area contributed by atoms with Crippen LogP contribution in [0.5, 0.6) is 0 Å². The van der Waals surface area contributed by atoms with E-state index in [9.17, 15) is 4.79 Å². The van der Waals surface area contributed by atoms with Gasteiger partial charge in [-0.05, 0) is 43.7 Å². The van der Waals surface area contributed by atoms with E-state index in [2.05, 4.69) is 11.2 Å². The third-order valence-electron chi connectivity index (χ3n) is 3.56. The van der Waals surface area contributed by atoms with Crippen LogP contribution in [0.15, 0.2) is 11.0 Å². The zero-order valence-corrected chi connectivity index (χ0v) is 12.0. The molecule has 0 saturated carbocycles. The van der Waals surface area contributed by atoms with E-state index in [1.165, 1.54) is 12.8 Å². The van der Waals surface area contributed by atoms with Gasteiger partial charge in [0.05, 0.1) is 0 Å². The van der Waals surface area contributed by atoms with Gasteiger partial charge in [-0.25, -0.2) is 9.10 Å². The lowest BCUT2D eigenvalue weighted by atomic mass is 10.0. The standard InChI is InChI=1S/C13H20N2O2S/c1-9-5-4-6-15(8-9)18-12-7-11(13(16)17)14(3)10(12)2/h7,9H,4-6,8H2,1-3H3,(H,16,17). The Kier molecular flexibility index (Phi) is 4.02. The molecule has 1 saturated heterocycles. The highest BCUT2D eigenvalue weighted by atomic mass is 32.2. The average Bonchev–Trinajstić information content (AvgIpc) is 2.58. The van der Waals surface area contributed by atoms with E-state index in [1.807, 2.05) is 14.0 Å². The number of hydrogen-bond acceptors (Lipinski definition) is 3. The molecule has 0 radical (unpaired) electrons. The quantitative estimate of drug-likeness (QED) is 0.856. The maximum absolute atomic E-state index is 11.1. The molecule has 1 aromatic rings. The van der Waals surface area contributed by atoms with Crippen molar-refractivity contribution in [2.75, 3.05) is 13.1 Å². The van der Waals surface area contributed by atoms with E-state index < -0.39 is 5.97 Å². The molecule has 2 rings (SSSR count). The van der Waals surface area contributed by atoms with Crippen molar-refractivity contribution in [3.8, 4) is 0 Å². The number of piperidine rings is 1. The minimum atomic E-state index is -0.862. The number of nitrogens with zero attached hydrogens (tertiary/aromatic N) is 2. The molecular weight excluding hydrogens is 248 g/mol. The smallest absolute Gasteiger partial charge is 0.352 e. The van der Waals surface area contributed by atoms with E-state index in [0.717, 1.165) is 29.6 Å². The molecule has 0 bridgehead atoms. The van der Waals surface area contributed by atoms with Crippen LogP contribution in [0.3, 0.4) is 0 Å². The fraction of sp³-hybridized carbons (Fsp3) is 0.615. The van der Waals surface area contributed by atoms with E-state index in [4.69, 9.17) is 5.11 Å². The monoisotopic (exact) mass is 268 g/mol. The Bertz CT molecular complexity index is 456. The molecular formula is C13H20N2O2S. The van der Waals surface area contributed by atoms with Gasteiger partial charge in [-0.3, -0.25) is 0 Å². The highest BCUT2D eigenvalue weighted by Gasteiger charge is 2.21. The van der Waals surface area contributed by atoms with Gasteiger partial charge in [0.15, 0.2) is 0 Å². The first kappa shape index (κ1) is 13.5. The van der Waals surface area contributed by atoms with Gasteiger partial charge >= 0.3 is 5.97 Å². The van der Waals surface area contributed by atoms with Crippen molar-refractivity contribution in [3.63, 3.8) is 0 Å². The van der Waals surface area contributed by atoms with Gasteiger partial charge < -0.3 is 9.67 Å². The highest BCUT2D eigenvalue weighted by molar-refractivity contribution is 7.97. The summed E-state index contributed by atoms with van der Waals surface area (Å²) in [4.78, 5) is 12.1. The second-order valence-electron chi connectivity index (χ2n) is 5.07.